The van der Waals surface area contributed by atoms with E-state index in [-0.39, 0.29) is 11.9 Å². The Morgan fingerprint density at radius 3 is 2.43 bits per heavy atom. The third-order valence-corrected chi connectivity index (χ3v) is 8.43. The third kappa shape index (κ3) is 6.59. The zero-order valence-electron chi connectivity index (χ0n) is 23.1. The summed E-state index contributed by atoms with van der Waals surface area (Å²) in [7, 11) is 2.06. The van der Waals surface area contributed by atoms with Crippen molar-refractivity contribution in [2.24, 2.45) is 0 Å². The molecule has 1 aliphatic heterocycles. The Bertz CT molecular complexity index is 1080. The van der Waals surface area contributed by atoms with Gasteiger partial charge in [-0.1, -0.05) is 73.8 Å². The van der Waals surface area contributed by atoms with Crippen molar-refractivity contribution >= 4 is 17.5 Å². The van der Waals surface area contributed by atoms with Crippen molar-refractivity contribution < 1.29 is 4.79 Å². The van der Waals surface area contributed by atoms with Gasteiger partial charge in [-0.3, -0.25) is 4.79 Å². The van der Waals surface area contributed by atoms with Gasteiger partial charge in [-0.05, 0) is 87.7 Å². The number of halogens is 1. The maximum Gasteiger partial charge on any atom is 0.231 e. The number of allylic oxidation sites excluding steroid dienone is 1. The van der Waals surface area contributed by atoms with E-state index in [2.05, 4.69) is 85.8 Å². The predicted molar refractivity (Wildman–Crippen MR) is 155 cm³/mol. The van der Waals surface area contributed by atoms with Gasteiger partial charge in [0.05, 0.1) is 11.5 Å². The number of nitrogens with one attached hydrogen (secondary N) is 2. The molecule has 4 nitrogen and oxygen atoms in total. The Kier molecular flexibility index (Phi) is 9.36. The SMILES string of the molecule is CC/C=C(/[C@H](Cc1ccc(C)cc1)NC(=O)C1(c2ccc(Cl)cc2CCC)CC1)N1CCC(NC)CC1. The van der Waals surface area contributed by atoms with E-state index in [0.717, 1.165) is 69.5 Å². The molecule has 1 saturated carbocycles. The minimum absolute atomic E-state index is 0.0549. The smallest absolute Gasteiger partial charge is 0.231 e. The van der Waals surface area contributed by atoms with Gasteiger partial charge in [0.2, 0.25) is 5.91 Å². The maximum absolute atomic E-state index is 14.1. The monoisotopic (exact) mass is 521 g/mol. The van der Waals surface area contributed by atoms with Crippen LogP contribution in [0.2, 0.25) is 5.02 Å². The van der Waals surface area contributed by atoms with E-state index in [0.29, 0.717) is 6.04 Å². The second-order valence-electron chi connectivity index (χ2n) is 10.9. The summed E-state index contributed by atoms with van der Waals surface area (Å²) in [5, 5.41) is 7.77. The topological polar surface area (TPSA) is 44.4 Å². The Balaban J connectivity index is 1.63. The van der Waals surface area contributed by atoms with Crippen LogP contribution in [-0.2, 0) is 23.1 Å². The molecule has 0 radical (unpaired) electrons. The number of likely N-dealkylation sites (tertiary alicyclic amines) is 1. The van der Waals surface area contributed by atoms with Crippen LogP contribution >= 0.6 is 11.6 Å². The minimum Gasteiger partial charge on any atom is -0.373 e. The zero-order chi connectivity index (χ0) is 26.4. The van der Waals surface area contributed by atoms with Gasteiger partial charge in [-0.2, -0.15) is 0 Å². The van der Waals surface area contributed by atoms with Crippen molar-refractivity contribution in [3.05, 3.63) is 81.5 Å². The van der Waals surface area contributed by atoms with Crippen LogP contribution in [0.25, 0.3) is 0 Å². The van der Waals surface area contributed by atoms with Gasteiger partial charge in [0.1, 0.15) is 0 Å². The summed E-state index contributed by atoms with van der Waals surface area (Å²) < 4.78 is 0. The third-order valence-electron chi connectivity index (χ3n) is 8.19. The summed E-state index contributed by atoms with van der Waals surface area (Å²) in [6, 6.07) is 15.4. The highest BCUT2D eigenvalue weighted by Crippen LogP contribution is 2.50. The van der Waals surface area contributed by atoms with Gasteiger partial charge in [-0.15, -0.1) is 0 Å². The molecule has 1 atom stereocenters. The molecule has 37 heavy (non-hydrogen) atoms. The second kappa shape index (κ2) is 12.5. The number of amides is 1. The van der Waals surface area contributed by atoms with Crippen molar-refractivity contribution in [2.75, 3.05) is 20.1 Å². The summed E-state index contributed by atoms with van der Waals surface area (Å²) in [6.07, 6.45) is 10.1. The number of aryl methyl sites for hydroxylation is 2. The fraction of sp³-hybridized carbons (Fsp3) is 0.531. The minimum atomic E-state index is -0.433. The van der Waals surface area contributed by atoms with Gasteiger partial charge < -0.3 is 15.5 Å². The first-order chi connectivity index (χ1) is 17.9. The fourth-order valence-corrected chi connectivity index (χ4v) is 6.06. The number of carbonyl (C=O) groups is 1. The summed E-state index contributed by atoms with van der Waals surface area (Å²) in [4.78, 5) is 16.6. The summed E-state index contributed by atoms with van der Waals surface area (Å²) in [5.41, 5.74) is 5.73. The lowest BCUT2D eigenvalue weighted by Gasteiger charge is -2.39. The first kappa shape index (κ1) is 27.7. The average Bonchev–Trinajstić information content (AvgIpc) is 3.71. The molecule has 2 N–H and O–H groups in total. The highest BCUT2D eigenvalue weighted by Gasteiger charge is 2.52. The molecule has 4 rings (SSSR count). The van der Waals surface area contributed by atoms with Crippen molar-refractivity contribution in [3.8, 4) is 0 Å². The number of carbonyl (C=O) groups excluding carboxylic acids is 1. The summed E-state index contributed by atoms with van der Waals surface area (Å²) in [5.74, 6) is 0.163. The van der Waals surface area contributed by atoms with Crippen molar-refractivity contribution in [1.29, 1.82) is 0 Å². The van der Waals surface area contributed by atoms with E-state index >= 15 is 0 Å². The number of nitrogens with zero attached hydrogens (tertiary/aromatic N) is 1. The zero-order valence-corrected chi connectivity index (χ0v) is 23.8. The normalized spacial score (nSPS) is 18.5. The number of benzene rings is 2. The maximum atomic E-state index is 14.1. The molecule has 1 aliphatic carbocycles. The highest BCUT2D eigenvalue weighted by atomic mass is 35.5. The molecule has 2 fully saturated rings. The molecule has 0 aromatic heterocycles. The molecule has 1 amide bonds. The van der Waals surface area contributed by atoms with Crippen LogP contribution < -0.4 is 10.6 Å². The van der Waals surface area contributed by atoms with Crippen LogP contribution in [0, 0.1) is 6.92 Å². The molecule has 1 saturated heterocycles. The lowest BCUT2D eigenvalue weighted by atomic mass is 9.88. The molecule has 2 aromatic rings. The Morgan fingerprint density at radius 2 is 1.84 bits per heavy atom. The Morgan fingerprint density at radius 1 is 1.14 bits per heavy atom. The molecule has 0 spiro atoms. The Labute approximate surface area is 228 Å². The van der Waals surface area contributed by atoms with Crippen LogP contribution in [0.5, 0.6) is 0 Å². The van der Waals surface area contributed by atoms with E-state index in [4.69, 9.17) is 11.6 Å². The first-order valence-corrected chi connectivity index (χ1v) is 14.6. The molecule has 200 valence electrons. The van der Waals surface area contributed by atoms with E-state index in [1.165, 1.54) is 28.0 Å². The summed E-state index contributed by atoms with van der Waals surface area (Å²) >= 11 is 6.35. The highest BCUT2D eigenvalue weighted by molar-refractivity contribution is 6.30. The molecule has 0 unspecified atom stereocenters. The van der Waals surface area contributed by atoms with Crippen molar-refractivity contribution in [2.45, 2.75) is 89.6 Å². The van der Waals surface area contributed by atoms with E-state index in [9.17, 15) is 4.79 Å². The molecule has 2 aromatic carbocycles. The van der Waals surface area contributed by atoms with Crippen LogP contribution in [0.1, 0.15) is 74.6 Å². The van der Waals surface area contributed by atoms with E-state index in [1.807, 2.05) is 6.07 Å². The number of piperidine rings is 1. The molecule has 0 bridgehead atoms. The summed E-state index contributed by atoms with van der Waals surface area (Å²) in [6.45, 7) is 8.52. The van der Waals surface area contributed by atoms with E-state index in [1.54, 1.807) is 0 Å². The van der Waals surface area contributed by atoms with Gasteiger partial charge >= 0.3 is 0 Å². The molecular weight excluding hydrogens is 478 g/mol. The molecular formula is C32H44ClN3O. The second-order valence-corrected chi connectivity index (χ2v) is 11.4. The average molecular weight is 522 g/mol. The fourth-order valence-electron chi connectivity index (χ4n) is 5.86. The van der Waals surface area contributed by atoms with Gasteiger partial charge in [-0.25, -0.2) is 0 Å². The standard InChI is InChI=1S/C32H44ClN3O/c1-5-7-25-22-26(33)13-14-28(25)32(17-18-32)31(37)35-29(21-24-11-9-23(3)10-12-24)30(8-6-2)36-19-15-27(34-4)16-20-36/h8-14,22,27,29,34H,5-7,15-21H2,1-4H3,(H,35,37)/b30-8-/t29-/m0/s1. The number of hydrogen-bond acceptors (Lipinski definition) is 3. The van der Waals surface area contributed by atoms with Gasteiger partial charge in [0.25, 0.3) is 0 Å². The van der Waals surface area contributed by atoms with E-state index < -0.39 is 5.41 Å². The van der Waals surface area contributed by atoms with Crippen molar-refractivity contribution in [1.82, 2.24) is 15.5 Å². The molecule has 2 aliphatic rings. The largest absolute Gasteiger partial charge is 0.373 e. The molecule has 5 heteroatoms. The van der Waals surface area contributed by atoms with Crippen molar-refractivity contribution in [3.63, 3.8) is 0 Å². The van der Waals surface area contributed by atoms with Crippen LogP contribution in [0.3, 0.4) is 0 Å². The van der Waals surface area contributed by atoms with Crippen LogP contribution in [-0.4, -0.2) is 43.0 Å². The Hall–Kier alpha value is -2.30. The number of hydrogen-bond donors (Lipinski definition) is 2. The lowest BCUT2D eigenvalue weighted by molar-refractivity contribution is -0.124. The van der Waals surface area contributed by atoms with Crippen LogP contribution in [0.15, 0.2) is 54.2 Å². The van der Waals surface area contributed by atoms with Gasteiger partial charge in [0.15, 0.2) is 0 Å². The first-order valence-electron chi connectivity index (χ1n) is 14.2. The predicted octanol–water partition coefficient (Wildman–Crippen LogP) is 6.34. The number of rotatable bonds is 11. The van der Waals surface area contributed by atoms with Gasteiger partial charge in [0, 0.05) is 29.9 Å². The lowest BCUT2D eigenvalue weighted by Crippen LogP contribution is -2.49. The van der Waals surface area contributed by atoms with Crippen LogP contribution in [0.4, 0.5) is 0 Å². The molecule has 1 heterocycles. The quantitative estimate of drug-likeness (QED) is 0.362.